The van der Waals surface area contributed by atoms with E-state index in [4.69, 9.17) is 21.3 Å². The molecule has 0 radical (unpaired) electrons. The number of aromatic nitrogens is 2. The molecule has 170 valence electrons. The Morgan fingerprint density at radius 3 is 2.66 bits per heavy atom. The number of rotatable bonds is 5. The standard InChI is InChI=1S/C25H31ClN4O2/c1-25(2,3)32-24(31)27-16-20-8-6-7-15-29(20)23-28-21-9-4-5-10-22(21)30(23)17-18-11-13-19(26)14-12-18/h4-5,9-14,20H,6-8,15-17H2,1-3H3,(H,27,31)/t20-/m1/s1. The number of carbonyl (C=O) groups is 1. The molecule has 2 aromatic carbocycles. The first-order valence-corrected chi connectivity index (χ1v) is 11.6. The largest absolute Gasteiger partial charge is 0.444 e. The van der Waals surface area contributed by atoms with E-state index in [1.807, 2.05) is 45.0 Å². The zero-order chi connectivity index (χ0) is 22.7. The van der Waals surface area contributed by atoms with E-state index in [1.54, 1.807) is 0 Å². The van der Waals surface area contributed by atoms with Crippen molar-refractivity contribution in [2.45, 2.75) is 58.2 Å². The lowest BCUT2D eigenvalue weighted by Gasteiger charge is -2.37. The van der Waals surface area contributed by atoms with Crippen LogP contribution in [0, 0.1) is 0 Å². The van der Waals surface area contributed by atoms with E-state index in [0.29, 0.717) is 13.1 Å². The summed E-state index contributed by atoms with van der Waals surface area (Å²) in [5, 5.41) is 3.69. The Kier molecular flexibility index (Phi) is 6.60. The zero-order valence-corrected chi connectivity index (χ0v) is 19.7. The number of carbonyl (C=O) groups excluding carboxylic acids is 1. The van der Waals surface area contributed by atoms with E-state index < -0.39 is 5.60 Å². The second-order valence-corrected chi connectivity index (χ2v) is 9.78. The summed E-state index contributed by atoms with van der Waals surface area (Å²) >= 11 is 6.09. The molecule has 1 fully saturated rings. The molecule has 0 unspecified atom stereocenters. The van der Waals surface area contributed by atoms with Crippen LogP contribution in [0.3, 0.4) is 0 Å². The molecule has 1 aromatic heterocycles. The number of hydrogen-bond donors (Lipinski definition) is 1. The molecule has 0 saturated carbocycles. The molecule has 0 aliphatic carbocycles. The topological polar surface area (TPSA) is 59.4 Å². The van der Waals surface area contributed by atoms with Gasteiger partial charge in [-0.15, -0.1) is 0 Å². The lowest BCUT2D eigenvalue weighted by Crippen LogP contribution is -2.48. The molecule has 32 heavy (non-hydrogen) atoms. The van der Waals surface area contributed by atoms with Crippen LogP contribution in [0.2, 0.25) is 5.02 Å². The monoisotopic (exact) mass is 454 g/mol. The fourth-order valence-corrected chi connectivity index (χ4v) is 4.33. The number of anilines is 1. The van der Waals surface area contributed by atoms with Crippen molar-refractivity contribution in [1.82, 2.24) is 14.9 Å². The number of alkyl carbamates (subject to hydrolysis) is 1. The van der Waals surface area contributed by atoms with Crippen molar-refractivity contribution in [3.63, 3.8) is 0 Å². The SMILES string of the molecule is CC(C)(C)OC(=O)NC[C@H]1CCCCN1c1nc2ccccc2n1Cc1ccc(Cl)cc1. The number of nitrogens with one attached hydrogen (secondary N) is 1. The van der Waals surface area contributed by atoms with Crippen molar-refractivity contribution in [3.8, 4) is 0 Å². The Bertz CT molecular complexity index is 1070. The van der Waals surface area contributed by atoms with Gasteiger partial charge in [-0.25, -0.2) is 9.78 Å². The summed E-state index contributed by atoms with van der Waals surface area (Å²) < 4.78 is 7.70. The number of hydrogen-bond acceptors (Lipinski definition) is 4. The highest BCUT2D eigenvalue weighted by molar-refractivity contribution is 6.30. The normalized spacial score (nSPS) is 16.9. The average Bonchev–Trinajstić information content (AvgIpc) is 3.11. The molecule has 1 atom stereocenters. The molecule has 0 spiro atoms. The molecule has 1 N–H and O–H groups in total. The molecule has 1 saturated heterocycles. The van der Waals surface area contributed by atoms with Crippen LogP contribution in [0.25, 0.3) is 11.0 Å². The second-order valence-electron chi connectivity index (χ2n) is 9.34. The highest BCUT2D eigenvalue weighted by Crippen LogP contribution is 2.29. The van der Waals surface area contributed by atoms with Gasteiger partial charge in [0.05, 0.1) is 17.6 Å². The summed E-state index contributed by atoms with van der Waals surface area (Å²) in [5.41, 5.74) is 2.73. The number of amides is 1. The maximum atomic E-state index is 12.2. The van der Waals surface area contributed by atoms with E-state index in [0.717, 1.165) is 47.8 Å². The van der Waals surface area contributed by atoms with Gasteiger partial charge in [0, 0.05) is 24.2 Å². The van der Waals surface area contributed by atoms with Crippen LogP contribution in [-0.2, 0) is 11.3 Å². The van der Waals surface area contributed by atoms with Gasteiger partial charge in [0.1, 0.15) is 5.60 Å². The third kappa shape index (κ3) is 5.36. The summed E-state index contributed by atoms with van der Waals surface area (Å²) in [6.45, 7) is 7.76. The highest BCUT2D eigenvalue weighted by Gasteiger charge is 2.28. The van der Waals surface area contributed by atoms with Crippen molar-refractivity contribution < 1.29 is 9.53 Å². The predicted molar refractivity (Wildman–Crippen MR) is 130 cm³/mol. The van der Waals surface area contributed by atoms with Crippen LogP contribution in [-0.4, -0.2) is 40.4 Å². The molecule has 1 aliphatic heterocycles. The first kappa shape index (κ1) is 22.5. The van der Waals surface area contributed by atoms with Gasteiger partial charge in [0.15, 0.2) is 0 Å². The lowest BCUT2D eigenvalue weighted by atomic mass is 10.0. The Hall–Kier alpha value is -2.73. The number of ether oxygens (including phenoxy) is 1. The smallest absolute Gasteiger partial charge is 0.407 e. The predicted octanol–water partition coefficient (Wildman–Crippen LogP) is 5.62. The number of imidazole rings is 1. The van der Waals surface area contributed by atoms with Crippen molar-refractivity contribution in [3.05, 3.63) is 59.1 Å². The molecule has 2 heterocycles. The van der Waals surface area contributed by atoms with Crippen LogP contribution in [0.15, 0.2) is 48.5 Å². The molecule has 6 nitrogen and oxygen atoms in total. The molecule has 3 aromatic rings. The van der Waals surface area contributed by atoms with Gasteiger partial charge in [0.25, 0.3) is 0 Å². The summed E-state index contributed by atoms with van der Waals surface area (Å²) in [6, 6.07) is 16.3. The van der Waals surface area contributed by atoms with Crippen LogP contribution >= 0.6 is 11.6 Å². The number of para-hydroxylation sites is 2. The van der Waals surface area contributed by atoms with Crippen molar-refractivity contribution in [1.29, 1.82) is 0 Å². The molecular weight excluding hydrogens is 424 g/mol. The van der Waals surface area contributed by atoms with Crippen molar-refractivity contribution in [2.75, 3.05) is 18.0 Å². The molecule has 1 amide bonds. The van der Waals surface area contributed by atoms with Gasteiger partial charge in [0.2, 0.25) is 5.95 Å². The first-order chi connectivity index (χ1) is 15.3. The van der Waals surface area contributed by atoms with Gasteiger partial charge in [-0.1, -0.05) is 35.9 Å². The minimum atomic E-state index is -0.511. The maximum absolute atomic E-state index is 12.2. The van der Waals surface area contributed by atoms with Crippen LogP contribution in [0.5, 0.6) is 0 Å². The number of halogens is 1. The molecular formula is C25H31ClN4O2. The Balaban J connectivity index is 1.61. The number of nitrogens with zero attached hydrogens (tertiary/aromatic N) is 3. The lowest BCUT2D eigenvalue weighted by molar-refractivity contribution is 0.0522. The van der Waals surface area contributed by atoms with Gasteiger partial charge < -0.3 is 19.5 Å². The summed E-state index contributed by atoms with van der Waals surface area (Å²) in [6.07, 6.45) is 2.86. The van der Waals surface area contributed by atoms with Crippen LogP contribution in [0.4, 0.5) is 10.7 Å². The Morgan fingerprint density at radius 1 is 1.16 bits per heavy atom. The molecule has 4 rings (SSSR count). The first-order valence-electron chi connectivity index (χ1n) is 11.2. The maximum Gasteiger partial charge on any atom is 0.407 e. The Morgan fingerprint density at radius 2 is 1.91 bits per heavy atom. The fourth-order valence-electron chi connectivity index (χ4n) is 4.20. The van der Waals surface area contributed by atoms with Crippen molar-refractivity contribution in [2.24, 2.45) is 0 Å². The number of piperidine rings is 1. The van der Waals surface area contributed by atoms with E-state index >= 15 is 0 Å². The van der Waals surface area contributed by atoms with E-state index in [9.17, 15) is 4.79 Å². The number of fused-ring (bicyclic) bond motifs is 1. The van der Waals surface area contributed by atoms with E-state index in [2.05, 4.69) is 39.0 Å². The average molecular weight is 455 g/mol. The highest BCUT2D eigenvalue weighted by atomic mass is 35.5. The third-order valence-corrected chi connectivity index (χ3v) is 5.91. The molecule has 1 aliphatic rings. The number of benzene rings is 2. The zero-order valence-electron chi connectivity index (χ0n) is 19.0. The third-order valence-electron chi connectivity index (χ3n) is 5.65. The van der Waals surface area contributed by atoms with Crippen LogP contribution in [0.1, 0.15) is 45.6 Å². The summed E-state index contributed by atoms with van der Waals surface area (Å²) in [5.74, 6) is 0.942. The van der Waals surface area contributed by atoms with Gasteiger partial charge >= 0.3 is 6.09 Å². The van der Waals surface area contributed by atoms with E-state index in [1.165, 1.54) is 5.56 Å². The molecule has 0 bridgehead atoms. The van der Waals surface area contributed by atoms with Gasteiger partial charge in [-0.2, -0.15) is 0 Å². The van der Waals surface area contributed by atoms with Crippen LogP contribution < -0.4 is 10.2 Å². The van der Waals surface area contributed by atoms with Crippen molar-refractivity contribution >= 4 is 34.7 Å². The second kappa shape index (κ2) is 9.41. The summed E-state index contributed by atoms with van der Waals surface area (Å²) in [4.78, 5) is 19.6. The Labute approximate surface area is 194 Å². The minimum absolute atomic E-state index is 0.164. The van der Waals surface area contributed by atoms with Gasteiger partial charge in [-0.3, -0.25) is 0 Å². The fraction of sp³-hybridized carbons (Fsp3) is 0.440. The van der Waals surface area contributed by atoms with Gasteiger partial charge in [-0.05, 0) is 69.9 Å². The minimum Gasteiger partial charge on any atom is -0.444 e. The van der Waals surface area contributed by atoms with E-state index in [-0.39, 0.29) is 12.1 Å². The summed E-state index contributed by atoms with van der Waals surface area (Å²) in [7, 11) is 0. The quantitative estimate of drug-likeness (QED) is 0.543. The molecule has 7 heteroatoms.